The lowest BCUT2D eigenvalue weighted by atomic mass is 10.0. The molecule has 0 saturated carbocycles. The molecule has 0 heterocycles. The molecule has 4 heteroatoms. The molecular weight excluding hydrogens is 520 g/mol. The lowest BCUT2D eigenvalue weighted by Gasteiger charge is -2.18. The molecule has 1 N–H and O–H groups in total. The number of ether oxygens (including phenoxy) is 1. The number of hydrogen-bond acceptors (Lipinski definition) is 3. The number of carboxylic acids is 1. The van der Waals surface area contributed by atoms with Gasteiger partial charge in [-0.1, -0.05) is 174 Å². The molecule has 4 nitrogen and oxygen atoms in total. The minimum Gasteiger partial charge on any atom is -0.481 e. The van der Waals surface area contributed by atoms with Crippen LogP contribution in [0.15, 0.2) is 0 Å². The molecule has 0 radical (unpaired) electrons. The molecule has 0 rings (SSSR count). The number of aliphatic carboxylic acids is 1. The van der Waals surface area contributed by atoms with Gasteiger partial charge in [-0.15, -0.1) is 0 Å². The fraction of sp³-hybridized carbons (Fsp3) is 0.947. The second-order valence-corrected chi connectivity index (χ2v) is 13.1. The molecule has 42 heavy (non-hydrogen) atoms. The zero-order valence-corrected chi connectivity index (χ0v) is 28.6. The number of carboxylic acid groups (broad SMARTS) is 1. The summed E-state index contributed by atoms with van der Waals surface area (Å²) in [6, 6.07) is 0. The van der Waals surface area contributed by atoms with Crippen LogP contribution >= 0.6 is 0 Å². The van der Waals surface area contributed by atoms with Gasteiger partial charge in [0.1, 0.15) is 6.10 Å². The first-order chi connectivity index (χ1) is 20.6. The predicted octanol–water partition coefficient (Wildman–Crippen LogP) is 12.9. The van der Waals surface area contributed by atoms with Gasteiger partial charge in [0.05, 0.1) is 0 Å². The smallest absolute Gasteiger partial charge is 0.306 e. The van der Waals surface area contributed by atoms with Crippen LogP contribution in [-0.4, -0.2) is 23.1 Å². The van der Waals surface area contributed by atoms with Gasteiger partial charge >= 0.3 is 11.9 Å². The van der Waals surface area contributed by atoms with Crippen molar-refractivity contribution < 1.29 is 19.4 Å². The maximum Gasteiger partial charge on any atom is 0.306 e. The van der Waals surface area contributed by atoms with Crippen molar-refractivity contribution in [2.45, 2.75) is 232 Å². The van der Waals surface area contributed by atoms with Crippen molar-refractivity contribution in [2.75, 3.05) is 0 Å². The molecule has 1 unspecified atom stereocenters. The van der Waals surface area contributed by atoms with Crippen LogP contribution in [0.4, 0.5) is 0 Å². The molecule has 0 aliphatic heterocycles. The number of unbranched alkanes of at least 4 members (excludes halogenated alkanes) is 26. The molecule has 0 aliphatic carbocycles. The van der Waals surface area contributed by atoms with Crippen LogP contribution in [-0.2, 0) is 14.3 Å². The Morgan fingerprint density at radius 2 is 0.714 bits per heavy atom. The Bertz CT molecular complexity index is 561. The van der Waals surface area contributed by atoms with Gasteiger partial charge < -0.3 is 9.84 Å². The van der Waals surface area contributed by atoms with Crippen molar-refractivity contribution in [3.05, 3.63) is 0 Å². The molecule has 0 bridgehead atoms. The molecule has 0 aromatic heterocycles. The van der Waals surface area contributed by atoms with Gasteiger partial charge in [0.15, 0.2) is 0 Å². The first kappa shape index (κ1) is 40.9. The molecular formula is C38H74O4. The van der Waals surface area contributed by atoms with Crippen LogP contribution in [0.5, 0.6) is 0 Å². The van der Waals surface area contributed by atoms with Crippen molar-refractivity contribution in [1.29, 1.82) is 0 Å². The summed E-state index contributed by atoms with van der Waals surface area (Å²) in [5.41, 5.74) is 0. The van der Waals surface area contributed by atoms with E-state index in [9.17, 15) is 9.59 Å². The summed E-state index contributed by atoms with van der Waals surface area (Å²) in [7, 11) is 0. The SMILES string of the molecule is CCCCCCCCCCCCCCC(=O)OC(CCCCCCCCCCCCCC)CCCCCCCC(=O)O. The van der Waals surface area contributed by atoms with Gasteiger partial charge in [0, 0.05) is 12.8 Å². The normalized spacial score (nSPS) is 12.0. The Labute approximate surface area is 262 Å². The van der Waals surface area contributed by atoms with Crippen LogP contribution in [0.25, 0.3) is 0 Å². The maximum atomic E-state index is 12.6. The number of rotatable bonds is 35. The predicted molar refractivity (Wildman–Crippen MR) is 181 cm³/mol. The van der Waals surface area contributed by atoms with E-state index in [0.717, 1.165) is 64.2 Å². The van der Waals surface area contributed by atoms with Gasteiger partial charge in [0.2, 0.25) is 0 Å². The zero-order chi connectivity index (χ0) is 30.8. The fourth-order valence-corrected chi connectivity index (χ4v) is 6.01. The van der Waals surface area contributed by atoms with Crippen molar-refractivity contribution in [3.63, 3.8) is 0 Å². The van der Waals surface area contributed by atoms with E-state index in [1.165, 1.54) is 135 Å². The lowest BCUT2D eigenvalue weighted by molar-refractivity contribution is -0.150. The van der Waals surface area contributed by atoms with Crippen LogP contribution in [0.3, 0.4) is 0 Å². The van der Waals surface area contributed by atoms with Crippen LogP contribution < -0.4 is 0 Å². The Kier molecular flexibility index (Phi) is 33.6. The quantitative estimate of drug-likeness (QED) is 0.0585. The van der Waals surface area contributed by atoms with E-state index in [0.29, 0.717) is 6.42 Å². The summed E-state index contributed by atoms with van der Waals surface area (Å²) < 4.78 is 5.99. The lowest BCUT2D eigenvalue weighted by Crippen LogP contribution is -2.18. The summed E-state index contributed by atoms with van der Waals surface area (Å²) in [4.78, 5) is 23.3. The summed E-state index contributed by atoms with van der Waals surface area (Å²) in [5.74, 6) is -0.690. The fourth-order valence-electron chi connectivity index (χ4n) is 6.01. The third-order valence-electron chi connectivity index (χ3n) is 8.83. The van der Waals surface area contributed by atoms with E-state index in [1.807, 2.05) is 0 Å². The average Bonchev–Trinajstić information content (AvgIpc) is 2.97. The first-order valence-electron chi connectivity index (χ1n) is 19.0. The third-order valence-corrected chi connectivity index (χ3v) is 8.83. The van der Waals surface area contributed by atoms with Crippen LogP contribution in [0.1, 0.15) is 226 Å². The molecule has 0 saturated heterocycles. The molecule has 0 aromatic rings. The molecule has 0 fully saturated rings. The number of esters is 1. The van der Waals surface area contributed by atoms with Gasteiger partial charge in [0.25, 0.3) is 0 Å². The summed E-state index contributed by atoms with van der Waals surface area (Å²) >= 11 is 0. The van der Waals surface area contributed by atoms with Gasteiger partial charge in [-0.2, -0.15) is 0 Å². The Morgan fingerprint density at radius 1 is 0.429 bits per heavy atom. The van der Waals surface area contributed by atoms with Crippen LogP contribution in [0, 0.1) is 0 Å². The van der Waals surface area contributed by atoms with Crippen molar-refractivity contribution in [1.82, 2.24) is 0 Å². The van der Waals surface area contributed by atoms with Crippen molar-refractivity contribution >= 4 is 11.9 Å². The Morgan fingerprint density at radius 3 is 1.05 bits per heavy atom. The summed E-state index contributed by atoms with van der Waals surface area (Å²) in [6.07, 6.45) is 39.7. The highest BCUT2D eigenvalue weighted by Gasteiger charge is 2.14. The van der Waals surface area contributed by atoms with Gasteiger partial charge in [-0.25, -0.2) is 0 Å². The van der Waals surface area contributed by atoms with E-state index in [1.54, 1.807) is 0 Å². The number of carbonyl (C=O) groups excluding carboxylic acids is 1. The van der Waals surface area contributed by atoms with Gasteiger partial charge in [-0.3, -0.25) is 9.59 Å². The zero-order valence-electron chi connectivity index (χ0n) is 28.6. The second-order valence-electron chi connectivity index (χ2n) is 13.1. The van der Waals surface area contributed by atoms with Crippen LogP contribution in [0.2, 0.25) is 0 Å². The van der Waals surface area contributed by atoms with E-state index in [-0.39, 0.29) is 18.5 Å². The summed E-state index contributed by atoms with van der Waals surface area (Å²) in [5, 5.41) is 8.80. The van der Waals surface area contributed by atoms with E-state index in [2.05, 4.69) is 13.8 Å². The highest BCUT2D eigenvalue weighted by atomic mass is 16.5. The molecule has 0 aliphatic rings. The molecule has 250 valence electrons. The largest absolute Gasteiger partial charge is 0.481 e. The molecule has 0 amide bonds. The molecule has 0 spiro atoms. The van der Waals surface area contributed by atoms with Crippen molar-refractivity contribution in [3.8, 4) is 0 Å². The van der Waals surface area contributed by atoms with E-state index >= 15 is 0 Å². The number of hydrogen-bond donors (Lipinski definition) is 1. The molecule has 0 aromatic carbocycles. The first-order valence-corrected chi connectivity index (χ1v) is 19.0. The molecule has 1 atom stereocenters. The second kappa shape index (κ2) is 34.4. The van der Waals surface area contributed by atoms with E-state index in [4.69, 9.17) is 9.84 Å². The standard InChI is InChI=1S/C38H74O4/c1-3-5-7-9-11-13-15-17-19-21-24-28-32-36(33-29-25-23-26-30-34-37(39)40)42-38(41)35-31-27-22-20-18-16-14-12-10-8-6-4-2/h36H,3-35H2,1-2H3,(H,39,40). The monoisotopic (exact) mass is 595 g/mol. The Hall–Kier alpha value is -1.06. The minimum atomic E-state index is -0.697. The van der Waals surface area contributed by atoms with E-state index < -0.39 is 5.97 Å². The van der Waals surface area contributed by atoms with Crippen molar-refractivity contribution in [2.24, 2.45) is 0 Å². The highest BCUT2D eigenvalue weighted by Crippen LogP contribution is 2.19. The topological polar surface area (TPSA) is 63.6 Å². The third kappa shape index (κ3) is 33.4. The summed E-state index contributed by atoms with van der Waals surface area (Å²) in [6.45, 7) is 4.55. The Balaban J connectivity index is 4.01. The van der Waals surface area contributed by atoms with Gasteiger partial charge in [-0.05, 0) is 38.5 Å². The minimum absolute atomic E-state index is 0.00692. The highest BCUT2D eigenvalue weighted by molar-refractivity contribution is 5.69. The number of carbonyl (C=O) groups is 2. The average molecular weight is 595 g/mol. The maximum absolute atomic E-state index is 12.6.